The highest BCUT2D eigenvalue weighted by molar-refractivity contribution is 7.72. The van der Waals surface area contributed by atoms with Crippen molar-refractivity contribution in [3.8, 4) is 0 Å². The molecule has 0 saturated heterocycles. The molecule has 16 heavy (non-hydrogen) atoms. The van der Waals surface area contributed by atoms with Crippen molar-refractivity contribution in [1.82, 2.24) is 0 Å². The fourth-order valence-electron chi connectivity index (χ4n) is 0.976. The van der Waals surface area contributed by atoms with Crippen molar-refractivity contribution in [2.75, 3.05) is 6.66 Å². The highest BCUT2D eigenvalue weighted by Gasteiger charge is 2.62. The van der Waals surface area contributed by atoms with E-state index in [1.54, 1.807) is 18.2 Å². The molecule has 0 aliphatic carbocycles. The number of allylic oxidation sites excluding steroid dienone is 4. The molecule has 0 rings (SSSR count). The lowest BCUT2D eigenvalue weighted by molar-refractivity contribution is 0.182. The van der Waals surface area contributed by atoms with E-state index in [-0.39, 0.29) is 6.42 Å². The van der Waals surface area contributed by atoms with Crippen LogP contribution < -0.4 is 0 Å². The summed E-state index contributed by atoms with van der Waals surface area (Å²) in [5.74, 6) is 0. The Labute approximate surface area is 97.7 Å². The van der Waals surface area contributed by atoms with Crippen LogP contribution >= 0.6 is 16.2 Å². The molecule has 0 spiro atoms. The lowest BCUT2D eigenvalue weighted by Crippen LogP contribution is -2.25. The molecular weight excluding hydrogens is 246 g/mol. The number of hydrogen-bond acceptors (Lipinski definition) is 4. The van der Waals surface area contributed by atoms with Gasteiger partial charge in [0.05, 0.1) is 6.42 Å². The van der Waals surface area contributed by atoms with Gasteiger partial charge in [0, 0.05) is 0 Å². The Morgan fingerprint density at radius 3 is 2.44 bits per heavy atom. The summed E-state index contributed by atoms with van der Waals surface area (Å²) >= 11 is 0. The second kappa shape index (κ2) is 6.39. The zero-order valence-electron chi connectivity index (χ0n) is 9.42. The molecule has 3 N–H and O–H groups in total. The van der Waals surface area contributed by atoms with Crippen LogP contribution in [0, 0.1) is 0 Å². The van der Waals surface area contributed by atoms with Crippen molar-refractivity contribution >= 4 is 16.2 Å². The van der Waals surface area contributed by atoms with E-state index in [1.165, 1.54) is 6.08 Å². The van der Waals surface area contributed by atoms with E-state index in [0.717, 1.165) is 6.66 Å². The lowest BCUT2D eigenvalue weighted by atomic mass is 10.2. The number of rotatable bonds is 6. The van der Waals surface area contributed by atoms with Gasteiger partial charge in [-0.3, -0.25) is 0 Å². The SMILES string of the molecule is C=CC(=CC=CC)CC(O)([PH+]=O)[P+](C)(O)O. The highest BCUT2D eigenvalue weighted by Crippen LogP contribution is 2.64. The van der Waals surface area contributed by atoms with Gasteiger partial charge in [-0.25, -0.2) is 9.79 Å². The summed E-state index contributed by atoms with van der Waals surface area (Å²) in [6.45, 7) is 6.48. The monoisotopic (exact) mass is 264 g/mol. The van der Waals surface area contributed by atoms with E-state index < -0.39 is 21.3 Å². The average molecular weight is 264 g/mol. The van der Waals surface area contributed by atoms with E-state index >= 15 is 0 Å². The Balaban J connectivity index is 5.04. The van der Waals surface area contributed by atoms with E-state index in [1.807, 2.05) is 6.92 Å². The van der Waals surface area contributed by atoms with Crippen LogP contribution in [0.15, 0.2) is 36.5 Å². The molecule has 0 aromatic heterocycles. The van der Waals surface area contributed by atoms with Crippen LogP contribution in [0.2, 0.25) is 0 Å². The molecule has 0 fully saturated rings. The summed E-state index contributed by atoms with van der Waals surface area (Å²) in [6, 6.07) is 0. The van der Waals surface area contributed by atoms with Gasteiger partial charge in [-0.15, -0.1) is 0 Å². The smallest absolute Gasteiger partial charge is 0.314 e. The largest absolute Gasteiger partial charge is 0.416 e. The zero-order chi connectivity index (χ0) is 12.8. The van der Waals surface area contributed by atoms with Gasteiger partial charge >= 0.3 is 21.3 Å². The van der Waals surface area contributed by atoms with Gasteiger partial charge in [0.2, 0.25) is 0 Å². The maximum atomic E-state index is 10.9. The van der Waals surface area contributed by atoms with Crippen molar-refractivity contribution in [3.63, 3.8) is 0 Å². The minimum Gasteiger partial charge on any atom is -0.314 e. The molecule has 4 nitrogen and oxygen atoms in total. The fraction of sp³-hybridized carbons (Fsp3) is 0.400. The second-order valence-corrected chi connectivity index (χ2v) is 7.50. The van der Waals surface area contributed by atoms with Gasteiger partial charge in [0.1, 0.15) is 6.66 Å². The van der Waals surface area contributed by atoms with Crippen molar-refractivity contribution in [1.29, 1.82) is 0 Å². The van der Waals surface area contributed by atoms with Crippen molar-refractivity contribution in [2.45, 2.75) is 18.4 Å². The Hall–Kier alpha value is -0.370. The molecule has 2 atom stereocenters. The van der Waals surface area contributed by atoms with Crippen LogP contribution in [-0.2, 0) is 4.57 Å². The molecule has 0 amide bonds. The van der Waals surface area contributed by atoms with Crippen molar-refractivity contribution in [3.05, 3.63) is 36.5 Å². The van der Waals surface area contributed by atoms with E-state index in [9.17, 15) is 19.5 Å². The van der Waals surface area contributed by atoms with Gasteiger partial charge in [-0.2, -0.15) is 0 Å². The number of hydrogen-bond donors (Lipinski definition) is 3. The summed E-state index contributed by atoms with van der Waals surface area (Å²) in [4.78, 5) is 18.9. The van der Waals surface area contributed by atoms with Gasteiger partial charge in [0.15, 0.2) is 0 Å². The normalized spacial score (nSPS) is 17.7. The van der Waals surface area contributed by atoms with Crippen molar-refractivity contribution in [2.24, 2.45) is 0 Å². The summed E-state index contributed by atoms with van der Waals surface area (Å²) < 4.78 is 10.9. The molecule has 0 aliphatic heterocycles. The maximum absolute atomic E-state index is 10.9. The first-order valence-corrected chi connectivity index (χ1v) is 7.74. The molecule has 90 valence electrons. The molecule has 0 radical (unpaired) electrons. The molecule has 0 aliphatic rings. The first kappa shape index (κ1) is 15.6. The Morgan fingerprint density at radius 1 is 1.56 bits per heavy atom. The van der Waals surface area contributed by atoms with E-state index in [2.05, 4.69) is 6.58 Å². The fourth-order valence-corrected chi connectivity index (χ4v) is 2.43. The van der Waals surface area contributed by atoms with E-state index in [0.29, 0.717) is 5.57 Å². The zero-order valence-corrected chi connectivity index (χ0v) is 11.3. The Morgan fingerprint density at radius 2 is 2.12 bits per heavy atom. The molecular formula is C10H18O4P2+2. The molecule has 0 saturated carbocycles. The predicted molar refractivity (Wildman–Crippen MR) is 68.9 cm³/mol. The van der Waals surface area contributed by atoms with Crippen LogP contribution in [0.3, 0.4) is 0 Å². The third-order valence-electron chi connectivity index (χ3n) is 2.08. The predicted octanol–water partition coefficient (Wildman–Crippen LogP) is 2.20. The topological polar surface area (TPSA) is 77.8 Å². The van der Waals surface area contributed by atoms with Crippen LogP contribution in [0.4, 0.5) is 0 Å². The molecule has 0 bridgehead atoms. The summed E-state index contributed by atoms with van der Waals surface area (Å²) in [7, 11) is -4.80. The maximum Gasteiger partial charge on any atom is 0.416 e. The standard InChI is InChI=1S/C10H17O4P2/c1-4-6-7-9(5-2)8-10(11,15-12)16(3,13)14/h4-7,11,13-14H,2,8H2,1,3H3/q+1/p+1. The third-order valence-corrected chi connectivity index (χ3v) is 5.69. The first-order valence-electron chi connectivity index (χ1n) is 4.69. The Bertz CT molecular complexity index is 317. The van der Waals surface area contributed by atoms with Gasteiger partial charge in [0.25, 0.3) is 0 Å². The van der Waals surface area contributed by atoms with E-state index in [4.69, 9.17) is 0 Å². The second-order valence-electron chi connectivity index (χ2n) is 3.48. The van der Waals surface area contributed by atoms with Gasteiger partial charge in [-0.05, 0) is 12.5 Å². The van der Waals surface area contributed by atoms with Crippen molar-refractivity contribution < 1.29 is 19.5 Å². The molecule has 0 aromatic rings. The van der Waals surface area contributed by atoms with Crippen LogP contribution in [0.25, 0.3) is 0 Å². The molecule has 0 heterocycles. The van der Waals surface area contributed by atoms with Crippen LogP contribution in [0.5, 0.6) is 0 Å². The quantitative estimate of drug-likeness (QED) is 0.507. The van der Waals surface area contributed by atoms with Gasteiger partial charge < -0.3 is 5.11 Å². The Kier molecular flexibility index (Phi) is 6.24. The highest BCUT2D eigenvalue weighted by atomic mass is 31.2. The molecule has 2 unspecified atom stereocenters. The van der Waals surface area contributed by atoms with Gasteiger partial charge in [-0.1, -0.05) is 35.4 Å². The van der Waals surface area contributed by atoms with Crippen LogP contribution in [0.1, 0.15) is 13.3 Å². The minimum atomic E-state index is -3.59. The number of aliphatic hydroxyl groups is 1. The minimum absolute atomic E-state index is 0.0972. The first-order chi connectivity index (χ1) is 7.30. The lowest BCUT2D eigenvalue weighted by Gasteiger charge is -2.17. The van der Waals surface area contributed by atoms with Crippen LogP contribution in [-0.4, -0.2) is 26.6 Å². The summed E-state index contributed by atoms with van der Waals surface area (Å²) in [5, 5.41) is 7.92. The molecule has 6 heteroatoms. The third kappa shape index (κ3) is 4.25. The summed E-state index contributed by atoms with van der Waals surface area (Å²) in [6.07, 6.45) is 6.58. The summed E-state index contributed by atoms with van der Waals surface area (Å²) in [5.41, 5.74) is 0.596. The average Bonchev–Trinajstić information content (AvgIpc) is 2.22. The molecule has 0 aromatic carbocycles.